The molecule has 0 radical (unpaired) electrons. The quantitative estimate of drug-likeness (QED) is 0.178. The van der Waals surface area contributed by atoms with Gasteiger partial charge in [-0.1, -0.05) is 35.0 Å². The Balaban J connectivity index is 1.45. The van der Waals surface area contributed by atoms with Crippen molar-refractivity contribution in [3.63, 3.8) is 0 Å². The highest BCUT2D eigenvalue weighted by molar-refractivity contribution is 8.00. The molecule has 1 unspecified atom stereocenters. The first-order chi connectivity index (χ1) is 19.3. The number of Topliss-reactive ketones (excluding diaryl/α,β-unsaturated/α-hetero) is 1. The van der Waals surface area contributed by atoms with Crippen LogP contribution in [0.2, 0.25) is 10.0 Å². The number of nitrogens with zero attached hydrogens (tertiary/aromatic N) is 3. The Morgan fingerprint density at radius 3 is 2.44 bits per heavy atom. The Morgan fingerprint density at radius 1 is 1.15 bits per heavy atom. The molecular weight excluding hydrogens is 606 g/mol. The number of thioether (sulfide) groups is 1. The van der Waals surface area contributed by atoms with Crippen LogP contribution in [-0.2, 0) is 20.5 Å². The highest BCUT2D eigenvalue weighted by atomic mass is 35.5. The summed E-state index contributed by atoms with van der Waals surface area (Å²) in [5, 5.41) is 8.36. The molecule has 14 heteroatoms. The lowest BCUT2D eigenvalue weighted by atomic mass is 10.1. The Bertz CT molecular complexity index is 1620. The average molecular weight is 622 g/mol. The van der Waals surface area contributed by atoms with Crippen LogP contribution in [0.4, 0.5) is 18.9 Å². The number of aryl methyl sites for hydroxylation is 1. The number of anilines is 1. The molecule has 0 bridgehead atoms. The second-order valence-electron chi connectivity index (χ2n) is 8.65. The summed E-state index contributed by atoms with van der Waals surface area (Å²) in [5.74, 6) is -2.76. The van der Waals surface area contributed by atoms with Gasteiger partial charge in [-0.3, -0.25) is 14.4 Å². The minimum absolute atomic E-state index is 0.00658. The van der Waals surface area contributed by atoms with Gasteiger partial charge in [-0.25, -0.2) is 14.7 Å². The van der Waals surface area contributed by atoms with E-state index in [4.69, 9.17) is 27.9 Å². The number of aromatic nitrogens is 1. The zero-order valence-electron chi connectivity index (χ0n) is 20.8. The number of carbonyl (C=O) groups is 4. The minimum Gasteiger partial charge on any atom is -0.454 e. The van der Waals surface area contributed by atoms with Crippen molar-refractivity contribution in [1.82, 2.24) is 4.98 Å². The maximum Gasteiger partial charge on any atom is 0.417 e. The lowest BCUT2D eigenvalue weighted by Crippen LogP contribution is -2.31. The third-order valence-corrected chi connectivity index (χ3v) is 7.54. The molecule has 3 aromatic rings. The van der Waals surface area contributed by atoms with Crippen LogP contribution in [0.5, 0.6) is 0 Å². The van der Waals surface area contributed by atoms with Gasteiger partial charge in [-0.05, 0) is 55.5 Å². The summed E-state index contributed by atoms with van der Waals surface area (Å²) < 4.78 is 45.4. The van der Waals surface area contributed by atoms with Crippen molar-refractivity contribution >= 4 is 64.2 Å². The molecule has 0 aliphatic carbocycles. The van der Waals surface area contributed by atoms with Gasteiger partial charge in [0.1, 0.15) is 11.1 Å². The van der Waals surface area contributed by atoms with Crippen molar-refractivity contribution in [2.75, 3.05) is 11.5 Å². The van der Waals surface area contributed by atoms with E-state index in [2.05, 4.69) is 4.98 Å². The van der Waals surface area contributed by atoms with Crippen molar-refractivity contribution in [2.24, 2.45) is 0 Å². The monoisotopic (exact) mass is 621 g/mol. The van der Waals surface area contributed by atoms with Gasteiger partial charge in [0, 0.05) is 22.7 Å². The summed E-state index contributed by atoms with van der Waals surface area (Å²) in [6, 6.07) is 11.7. The highest BCUT2D eigenvalue weighted by Crippen LogP contribution is 2.39. The fourth-order valence-electron chi connectivity index (χ4n) is 3.92. The molecule has 1 fully saturated rings. The molecule has 0 N–H and O–H groups in total. The second kappa shape index (κ2) is 11.9. The van der Waals surface area contributed by atoms with Crippen LogP contribution >= 0.6 is 35.0 Å². The predicted molar refractivity (Wildman–Crippen MR) is 143 cm³/mol. The number of benzene rings is 2. The summed E-state index contributed by atoms with van der Waals surface area (Å²) in [6.45, 7) is 0.724. The molecule has 2 amide bonds. The van der Waals surface area contributed by atoms with E-state index in [0.717, 1.165) is 11.0 Å². The van der Waals surface area contributed by atoms with Crippen LogP contribution in [-0.4, -0.2) is 40.4 Å². The molecule has 1 aliphatic heterocycles. The average Bonchev–Trinajstić information content (AvgIpc) is 3.18. The third kappa shape index (κ3) is 6.53. The molecule has 0 saturated carbocycles. The Morgan fingerprint density at radius 2 is 1.83 bits per heavy atom. The molecule has 8 nitrogen and oxygen atoms in total. The smallest absolute Gasteiger partial charge is 0.417 e. The van der Waals surface area contributed by atoms with E-state index in [-0.39, 0.29) is 39.0 Å². The van der Waals surface area contributed by atoms with Crippen molar-refractivity contribution in [1.29, 1.82) is 5.26 Å². The van der Waals surface area contributed by atoms with Crippen molar-refractivity contribution in [2.45, 2.75) is 29.8 Å². The Kier molecular flexibility index (Phi) is 8.72. The molecule has 2 aromatic carbocycles. The van der Waals surface area contributed by atoms with Crippen LogP contribution in [0, 0.1) is 18.3 Å². The number of nitriles is 1. The van der Waals surface area contributed by atoms with Gasteiger partial charge >= 0.3 is 12.1 Å². The van der Waals surface area contributed by atoms with E-state index in [1.54, 1.807) is 0 Å². The number of imide groups is 1. The third-order valence-electron chi connectivity index (χ3n) is 5.82. The lowest BCUT2D eigenvalue weighted by Gasteiger charge is -2.16. The fraction of sp³-hybridized carbons (Fsp3) is 0.185. The van der Waals surface area contributed by atoms with Gasteiger partial charge < -0.3 is 4.74 Å². The summed E-state index contributed by atoms with van der Waals surface area (Å²) in [7, 11) is 0. The molecule has 1 atom stereocenters. The van der Waals surface area contributed by atoms with Gasteiger partial charge in [-0.2, -0.15) is 18.4 Å². The number of hydrogen-bond donors (Lipinski definition) is 0. The topological polar surface area (TPSA) is 117 Å². The van der Waals surface area contributed by atoms with Crippen LogP contribution < -0.4 is 4.90 Å². The number of carbonyl (C=O) groups excluding carboxylic acids is 4. The standard InChI is InChI=1S/C27H16Cl2F3N3O5S/c1-13-8-19(27(30,31)32)18(11-33)24(34-13)41-22-10-23(37)35(25(22)38)16-5-2-14(3-6-16)26(39)40-12-21(36)17-7-4-15(28)9-20(17)29/h2-9,22H,10,12H2,1H3. The fourth-order valence-corrected chi connectivity index (χ4v) is 5.60. The molecule has 0 spiro atoms. The molecule has 1 aromatic heterocycles. The zero-order chi connectivity index (χ0) is 30.1. The SMILES string of the molecule is Cc1cc(C(F)(F)F)c(C#N)c(SC2CC(=O)N(c3ccc(C(=O)OCC(=O)c4ccc(Cl)cc4Cl)cc3)C2=O)n1. The number of ketones is 1. The maximum atomic E-state index is 13.4. The molecule has 210 valence electrons. The number of rotatable bonds is 7. The summed E-state index contributed by atoms with van der Waals surface area (Å²) >= 11 is 12.4. The first kappa shape index (κ1) is 30.0. The van der Waals surface area contributed by atoms with Gasteiger partial charge in [0.25, 0.3) is 0 Å². The maximum absolute atomic E-state index is 13.4. The summed E-state index contributed by atoms with van der Waals surface area (Å²) in [5.41, 5.74) is -1.66. The number of esters is 1. The molecule has 41 heavy (non-hydrogen) atoms. The number of hydrogen-bond acceptors (Lipinski definition) is 8. The van der Waals surface area contributed by atoms with Crippen LogP contribution in [0.3, 0.4) is 0 Å². The number of pyridine rings is 1. The van der Waals surface area contributed by atoms with E-state index in [1.165, 1.54) is 55.5 Å². The molecule has 4 rings (SSSR count). The number of alkyl halides is 3. The summed E-state index contributed by atoms with van der Waals surface area (Å²) in [6.07, 6.45) is -5.15. The first-order valence-corrected chi connectivity index (χ1v) is 13.2. The summed E-state index contributed by atoms with van der Waals surface area (Å²) in [4.78, 5) is 55.4. The molecular formula is C27H16Cl2F3N3O5S. The van der Waals surface area contributed by atoms with E-state index in [9.17, 15) is 37.6 Å². The predicted octanol–water partition coefficient (Wildman–Crippen LogP) is 6.05. The first-order valence-electron chi connectivity index (χ1n) is 11.6. The van der Waals surface area contributed by atoms with E-state index < -0.39 is 52.7 Å². The number of halogens is 5. The lowest BCUT2D eigenvalue weighted by molar-refractivity contribution is -0.138. The Labute approximate surface area is 245 Å². The van der Waals surface area contributed by atoms with Crippen LogP contribution in [0.25, 0.3) is 0 Å². The van der Waals surface area contributed by atoms with E-state index in [0.29, 0.717) is 16.8 Å². The van der Waals surface area contributed by atoms with Crippen LogP contribution in [0.15, 0.2) is 53.6 Å². The minimum atomic E-state index is -4.81. The highest BCUT2D eigenvalue weighted by Gasteiger charge is 2.42. The van der Waals surface area contributed by atoms with Crippen molar-refractivity contribution < 1.29 is 37.1 Å². The molecule has 1 aliphatic rings. The van der Waals surface area contributed by atoms with Gasteiger partial charge in [0.05, 0.1) is 32.7 Å². The van der Waals surface area contributed by atoms with Crippen molar-refractivity contribution in [3.05, 3.63) is 86.5 Å². The van der Waals surface area contributed by atoms with Gasteiger partial charge in [-0.15, -0.1) is 0 Å². The van der Waals surface area contributed by atoms with E-state index >= 15 is 0 Å². The number of amides is 2. The van der Waals surface area contributed by atoms with Gasteiger partial charge in [0.2, 0.25) is 17.6 Å². The Hall–Kier alpha value is -3.92. The second-order valence-corrected chi connectivity index (χ2v) is 10.7. The number of ether oxygens (including phenoxy) is 1. The van der Waals surface area contributed by atoms with Crippen LogP contribution in [0.1, 0.15) is 44.0 Å². The largest absolute Gasteiger partial charge is 0.454 e. The normalized spacial score (nSPS) is 15.1. The molecule has 2 heterocycles. The van der Waals surface area contributed by atoms with Gasteiger partial charge in [0.15, 0.2) is 6.61 Å². The van der Waals surface area contributed by atoms with E-state index in [1.807, 2.05) is 0 Å². The van der Waals surface area contributed by atoms with Crippen molar-refractivity contribution in [3.8, 4) is 6.07 Å². The molecule has 1 saturated heterocycles. The zero-order valence-corrected chi connectivity index (χ0v) is 23.1.